The zero-order valence-corrected chi connectivity index (χ0v) is 9.84. The lowest BCUT2D eigenvalue weighted by Gasteiger charge is -2.11. The summed E-state index contributed by atoms with van der Waals surface area (Å²) in [4.78, 5) is 10.3. The molecule has 0 aromatic heterocycles. The summed E-state index contributed by atoms with van der Waals surface area (Å²) in [7, 11) is 0. The van der Waals surface area contributed by atoms with Gasteiger partial charge in [-0.15, -0.1) is 0 Å². The molecular weight excluding hydrogens is 224 g/mol. The van der Waals surface area contributed by atoms with Gasteiger partial charge in [0.05, 0.1) is 23.7 Å². The molecule has 0 spiro atoms. The predicted molar refractivity (Wildman–Crippen MR) is 64.4 cm³/mol. The van der Waals surface area contributed by atoms with E-state index in [1.54, 1.807) is 6.07 Å². The molecular formula is C11H16N2O4. The van der Waals surface area contributed by atoms with Crippen LogP contribution in [0, 0.1) is 10.1 Å². The van der Waals surface area contributed by atoms with Gasteiger partial charge in [-0.3, -0.25) is 10.1 Å². The van der Waals surface area contributed by atoms with Crippen molar-refractivity contribution in [3.05, 3.63) is 28.3 Å². The number of hydrogen-bond donors (Lipinski definition) is 2. The number of benzene rings is 1. The number of rotatable bonds is 6. The van der Waals surface area contributed by atoms with Crippen LogP contribution in [0.2, 0.25) is 0 Å². The molecule has 6 heteroatoms. The van der Waals surface area contributed by atoms with Crippen LogP contribution in [0.15, 0.2) is 18.2 Å². The molecule has 1 aromatic rings. The molecule has 0 saturated heterocycles. The Morgan fingerprint density at radius 3 is 2.71 bits per heavy atom. The number of hydrogen-bond acceptors (Lipinski definition) is 5. The molecule has 0 amide bonds. The Hall–Kier alpha value is -1.82. The quantitative estimate of drug-likeness (QED) is 0.585. The molecule has 0 unspecified atom stereocenters. The van der Waals surface area contributed by atoms with Crippen molar-refractivity contribution < 1.29 is 14.8 Å². The van der Waals surface area contributed by atoms with E-state index in [1.165, 1.54) is 12.1 Å². The first-order valence-electron chi connectivity index (χ1n) is 5.34. The summed E-state index contributed by atoms with van der Waals surface area (Å²) in [5.41, 5.74) is 0.521. The smallest absolute Gasteiger partial charge is 0.275 e. The number of nitrogens with zero attached hydrogens (tertiary/aromatic N) is 1. The number of nitro groups is 1. The molecule has 0 aliphatic carbocycles. The Bertz CT molecular complexity index is 393. The van der Waals surface area contributed by atoms with E-state index in [1.807, 2.05) is 13.8 Å². The van der Waals surface area contributed by atoms with Crippen LogP contribution < -0.4 is 10.1 Å². The van der Waals surface area contributed by atoms with Crippen LogP contribution in [-0.4, -0.2) is 29.3 Å². The second kappa shape index (κ2) is 6.05. The summed E-state index contributed by atoms with van der Waals surface area (Å²) >= 11 is 0. The summed E-state index contributed by atoms with van der Waals surface area (Å²) in [5.74, 6) is 0.439. The molecule has 17 heavy (non-hydrogen) atoms. The van der Waals surface area contributed by atoms with Crippen LogP contribution in [0.5, 0.6) is 5.75 Å². The maximum absolute atomic E-state index is 10.7. The lowest BCUT2D eigenvalue weighted by atomic mass is 10.2. The zero-order chi connectivity index (χ0) is 12.8. The lowest BCUT2D eigenvalue weighted by molar-refractivity contribution is -0.384. The molecule has 0 atom stereocenters. The lowest BCUT2D eigenvalue weighted by Crippen LogP contribution is -2.08. The van der Waals surface area contributed by atoms with E-state index in [2.05, 4.69) is 5.32 Å². The van der Waals surface area contributed by atoms with Crippen molar-refractivity contribution >= 4 is 11.4 Å². The maximum Gasteiger partial charge on any atom is 0.275 e. The average Bonchev–Trinajstić information content (AvgIpc) is 2.25. The Morgan fingerprint density at radius 2 is 2.18 bits per heavy atom. The number of nitro benzene ring substituents is 1. The van der Waals surface area contributed by atoms with Crippen molar-refractivity contribution in [3.63, 3.8) is 0 Å². The highest BCUT2D eigenvalue weighted by Gasteiger charge is 2.11. The summed E-state index contributed by atoms with van der Waals surface area (Å²) in [6.07, 6.45) is -0.0531. The van der Waals surface area contributed by atoms with Crippen LogP contribution in [0.3, 0.4) is 0 Å². The van der Waals surface area contributed by atoms with Crippen molar-refractivity contribution in [1.29, 1.82) is 0 Å². The van der Waals surface area contributed by atoms with E-state index >= 15 is 0 Å². The third-order valence-electron chi connectivity index (χ3n) is 1.91. The Kier molecular flexibility index (Phi) is 4.71. The molecule has 0 radical (unpaired) electrons. The SMILES string of the molecule is CC(C)Oc1cc(NCCO)cc([N+](=O)[O-])c1. The first-order valence-corrected chi connectivity index (χ1v) is 5.34. The van der Waals surface area contributed by atoms with E-state index < -0.39 is 4.92 Å². The van der Waals surface area contributed by atoms with Crippen molar-refractivity contribution in [2.45, 2.75) is 20.0 Å². The number of non-ortho nitro benzene ring substituents is 1. The van der Waals surface area contributed by atoms with Crippen molar-refractivity contribution in [2.75, 3.05) is 18.5 Å². The molecule has 0 heterocycles. The zero-order valence-electron chi connectivity index (χ0n) is 9.84. The fourth-order valence-corrected chi connectivity index (χ4v) is 1.33. The molecule has 0 saturated carbocycles. The van der Waals surface area contributed by atoms with Gasteiger partial charge in [-0.05, 0) is 13.8 Å². The molecule has 0 fully saturated rings. The topological polar surface area (TPSA) is 84.6 Å². The van der Waals surface area contributed by atoms with Gasteiger partial charge in [-0.25, -0.2) is 0 Å². The van der Waals surface area contributed by atoms with Gasteiger partial charge in [0.2, 0.25) is 0 Å². The monoisotopic (exact) mass is 240 g/mol. The van der Waals surface area contributed by atoms with Crippen molar-refractivity contribution in [1.82, 2.24) is 0 Å². The normalized spacial score (nSPS) is 10.4. The third-order valence-corrected chi connectivity index (χ3v) is 1.91. The fourth-order valence-electron chi connectivity index (χ4n) is 1.33. The average molecular weight is 240 g/mol. The second-order valence-electron chi connectivity index (χ2n) is 3.79. The van der Waals surface area contributed by atoms with Crippen molar-refractivity contribution in [3.8, 4) is 5.75 Å². The largest absolute Gasteiger partial charge is 0.491 e. The fraction of sp³-hybridized carbons (Fsp3) is 0.455. The summed E-state index contributed by atoms with van der Waals surface area (Å²) < 4.78 is 5.42. The van der Waals surface area contributed by atoms with Gasteiger partial charge in [-0.2, -0.15) is 0 Å². The van der Waals surface area contributed by atoms with Crippen LogP contribution in [0.4, 0.5) is 11.4 Å². The van der Waals surface area contributed by atoms with Crippen LogP contribution in [0.1, 0.15) is 13.8 Å². The minimum absolute atomic E-state index is 0.0383. The summed E-state index contributed by atoms with van der Waals surface area (Å²) in [5, 5.41) is 22.3. The van der Waals surface area contributed by atoms with E-state index in [0.29, 0.717) is 18.0 Å². The van der Waals surface area contributed by atoms with E-state index in [0.717, 1.165) is 0 Å². The number of aliphatic hydroxyl groups excluding tert-OH is 1. The second-order valence-corrected chi connectivity index (χ2v) is 3.79. The highest BCUT2D eigenvalue weighted by atomic mass is 16.6. The van der Waals surface area contributed by atoms with Gasteiger partial charge >= 0.3 is 0 Å². The minimum Gasteiger partial charge on any atom is -0.491 e. The van der Waals surface area contributed by atoms with Gasteiger partial charge in [0.25, 0.3) is 5.69 Å². The van der Waals surface area contributed by atoms with Gasteiger partial charge in [0, 0.05) is 24.4 Å². The number of aliphatic hydroxyl groups is 1. The molecule has 1 rings (SSSR count). The van der Waals surface area contributed by atoms with Crippen LogP contribution >= 0.6 is 0 Å². The first-order chi connectivity index (χ1) is 8.02. The molecule has 0 bridgehead atoms. The highest BCUT2D eigenvalue weighted by molar-refractivity contribution is 5.56. The third kappa shape index (κ3) is 4.28. The summed E-state index contributed by atoms with van der Waals surface area (Å²) in [6, 6.07) is 4.45. The van der Waals surface area contributed by atoms with Crippen LogP contribution in [0.25, 0.3) is 0 Å². The molecule has 2 N–H and O–H groups in total. The van der Waals surface area contributed by atoms with Gasteiger partial charge in [0.15, 0.2) is 0 Å². The molecule has 0 aliphatic rings. The summed E-state index contributed by atoms with van der Waals surface area (Å²) in [6.45, 7) is 3.99. The van der Waals surface area contributed by atoms with Gasteiger partial charge in [-0.1, -0.05) is 0 Å². The van der Waals surface area contributed by atoms with E-state index in [4.69, 9.17) is 9.84 Å². The Morgan fingerprint density at radius 1 is 1.47 bits per heavy atom. The minimum atomic E-state index is -0.475. The van der Waals surface area contributed by atoms with Gasteiger partial charge in [0.1, 0.15) is 5.75 Å². The molecule has 0 aliphatic heterocycles. The predicted octanol–water partition coefficient (Wildman–Crippen LogP) is 1.79. The Balaban J connectivity index is 2.96. The number of nitrogens with one attached hydrogen (secondary N) is 1. The van der Waals surface area contributed by atoms with Crippen LogP contribution in [-0.2, 0) is 0 Å². The molecule has 6 nitrogen and oxygen atoms in total. The van der Waals surface area contributed by atoms with Crippen molar-refractivity contribution in [2.24, 2.45) is 0 Å². The maximum atomic E-state index is 10.7. The Labute approximate surface area is 99.4 Å². The van der Waals surface area contributed by atoms with E-state index in [-0.39, 0.29) is 18.4 Å². The number of ether oxygens (including phenoxy) is 1. The first kappa shape index (κ1) is 13.2. The number of anilines is 1. The van der Waals surface area contributed by atoms with Gasteiger partial charge < -0.3 is 15.2 Å². The standard InChI is InChI=1S/C11H16N2O4/c1-8(2)17-11-6-9(12-3-4-14)5-10(7-11)13(15)16/h5-8,12,14H,3-4H2,1-2H3. The molecule has 1 aromatic carbocycles. The highest BCUT2D eigenvalue weighted by Crippen LogP contribution is 2.26. The van der Waals surface area contributed by atoms with E-state index in [9.17, 15) is 10.1 Å². The molecule has 94 valence electrons.